The molecule has 1 aromatic rings. The van der Waals surface area contributed by atoms with E-state index in [-0.39, 0.29) is 0 Å². The highest BCUT2D eigenvalue weighted by Crippen LogP contribution is 2.46. The minimum Gasteiger partial charge on any atom is -0.508 e. The van der Waals surface area contributed by atoms with Crippen LogP contribution in [0.15, 0.2) is 12.1 Å². The molecule has 1 aliphatic heterocycles. The number of hydrogen-bond acceptors (Lipinski definition) is 3. The van der Waals surface area contributed by atoms with Gasteiger partial charge in [0, 0.05) is 24.2 Å². The molecule has 1 saturated heterocycles. The summed E-state index contributed by atoms with van der Waals surface area (Å²) in [6.07, 6.45) is 3.78. The molecule has 0 saturated carbocycles. The first kappa shape index (κ1) is 14.9. The molecule has 21 heavy (non-hydrogen) atoms. The Morgan fingerprint density at radius 1 is 1.29 bits per heavy atom. The largest absolute Gasteiger partial charge is 0.508 e. The van der Waals surface area contributed by atoms with E-state index in [2.05, 4.69) is 31.0 Å². The van der Waals surface area contributed by atoms with E-state index in [4.69, 9.17) is 0 Å². The molecule has 3 rings (SSSR count). The van der Waals surface area contributed by atoms with Gasteiger partial charge in [-0.1, -0.05) is 13.0 Å². The van der Waals surface area contributed by atoms with E-state index in [9.17, 15) is 5.11 Å². The summed E-state index contributed by atoms with van der Waals surface area (Å²) >= 11 is 0. The van der Waals surface area contributed by atoms with Gasteiger partial charge in [-0.3, -0.25) is 0 Å². The first-order chi connectivity index (χ1) is 10.1. The standard InChI is InChI=1S/C18H28N2O/c1-12-6-7-16(21)18-15(10-13(2)17(12)18)19-14(3)11-20-8-4-5-9-20/h6-7,13-15,19,21H,4-5,8-11H2,1-3H3. The van der Waals surface area contributed by atoms with Crippen molar-refractivity contribution in [3.63, 3.8) is 0 Å². The minimum atomic E-state index is 0.299. The Morgan fingerprint density at radius 2 is 2.00 bits per heavy atom. The van der Waals surface area contributed by atoms with Crippen molar-refractivity contribution in [3.05, 3.63) is 28.8 Å². The topological polar surface area (TPSA) is 35.5 Å². The Labute approximate surface area is 128 Å². The van der Waals surface area contributed by atoms with Crippen molar-refractivity contribution in [2.24, 2.45) is 0 Å². The molecule has 0 amide bonds. The van der Waals surface area contributed by atoms with Gasteiger partial charge in [0.05, 0.1) is 0 Å². The van der Waals surface area contributed by atoms with Gasteiger partial charge in [0.2, 0.25) is 0 Å². The fourth-order valence-electron chi connectivity index (χ4n) is 4.24. The molecule has 3 heteroatoms. The second-order valence-electron chi connectivity index (χ2n) is 6.99. The van der Waals surface area contributed by atoms with Crippen molar-refractivity contribution >= 4 is 0 Å². The van der Waals surface area contributed by atoms with Gasteiger partial charge in [-0.2, -0.15) is 0 Å². The molecule has 0 radical (unpaired) electrons. The quantitative estimate of drug-likeness (QED) is 0.892. The second-order valence-corrected chi connectivity index (χ2v) is 6.99. The van der Waals surface area contributed by atoms with Crippen molar-refractivity contribution in [3.8, 4) is 5.75 Å². The molecule has 0 bridgehead atoms. The second kappa shape index (κ2) is 5.98. The van der Waals surface area contributed by atoms with Gasteiger partial charge in [0.15, 0.2) is 0 Å². The van der Waals surface area contributed by atoms with Gasteiger partial charge in [-0.15, -0.1) is 0 Å². The van der Waals surface area contributed by atoms with Crippen molar-refractivity contribution in [2.45, 2.75) is 58.0 Å². The number of hydrogen-bond donors (Lipinski definition) is 2. The average molecular weight is 288 g/mol. The van der Waals surface area contributed by atoms with E-state index in [1.165, 1.54) is 37.1 Å². The number of likely N-dealkylation sites (tertiary alicyclic amines) is 1. The van der Waals surface area contributed by atoms with E-state index >= 15 is 0 Å². The van der Waals surface area contributed by atoms with E-state index in [1.54, 1.807) is 0 Å². The first-order valence-electron chi connectivity index (χ1n) is 8.37. The molecule has 0 spiro atoms. The zero-order valence-corrected chi connectivity index (χ0v) is 13.5. The lowest BCUT2D eigenvalue weighted by Gasteiger charge is -2.25. The summed E-state index contributed by atoms with van der Waals surface area (Å²) in [7, 11) is 0. The molecule has 3 atom stereocenters. The van der Waals surface area contributed by atoms with Crippen molar-refractivity contribution in [1.82, 2.24) is 10.2 Å². The smallest absolute Gasteiger partial charge is 0.120 e. The molecule has 3 unspecified atom stereocenters. The molecule has 2 N–H and O–H groups in total. The van der Waals surface area contributed by atoms with Crippen LogP contribution < -0.4 is 5.32 Å². The summed E-state index contributed by atoms with van der Waals surface area (Å²) in [4.78, 5) is 2.55. The maximum Gasteiger partial charge on any atom is 0.120 e. The Bertz CT molecular complexity index is 508. The number of benzene rings is 1. The maximum atomic E-state index is 10.3. The Hall–Kier alpha value is -1.06. The lowest BCUT2D eigenvalue weighted by molar-refractivity contribution is 0.283. The molecule has 1 fully saturated rings. The molecule has 3 nitrogen and oxygen atoms in total. The SMILES string of the molecule is Cc1ccc(O)c2c1C(C)CC2NC(C)CN1CCCC1. The van der Waals surface area contributed by atoms with E-state index < -0.39 is 0 Å². The van der Waals surface area contributed by atoms with Gasteiger partial charge >= 0.3 is 0 Å². The fraction of sp³-hybridized carbons (Fsp3) is 0.667. The van der Waals surface area contributed by atoms with Crippen molar-refractivity contribution in [2.75, 3.05) is 19.6 Å². The van der Waals surface area contributed by atoms with E-state index in [1.807, 2.05) is 12.1 Å². The predicted octanol–water partition coefficient (Wildman–Crippen LogP) is 3.32. The van der Waals surface area contributed by atoms with E-state index in [0.29, 0.717) is 23.8 Å². The van der Waals surface area contributed by atoms with Crippen LogP contribution in [0.3, 0.4) is 0 Å². The molecular formula is C18H28N2O. The highest BCUT2D eigenvalue weighted by atomic mass is 16.3. The number of fused-ring (bicyclic) bond motifs is 1. The molecular weight excluding hydrogens is 260 g/mol. The molecule has 2 aliphatic rings. The molecule has 0 aromatic heterocycles. The van der Waals surface area contributed by atoms with Crippen molar-refractivity contribution < 1.29 is 5.11 Å². The van der Waals surface area contributed by atoms with Crippen LogP contribution in [0.4, 0.5) is 0 Å². The highest BCUT2D eigenvalue weighted by molar-refractivity contribution is 5.50. The summed E-state index contributed by atoms with van der Waals surface area (Å²) in [5.41, 5.74) is 3.82. The number of phenols is 1. The van der Waals surface area contributed by atoms with Crippen LogP contribution in [0.2, 0.25) is 0 Å². The van der Waals surface area contributed by atoms with Gasteiger partial charge < -0.3 is 15.3 Å². The molecule has 116 valence electrons. The summed E-state index contributed by atoms with van der Waals surface area (Å²) < 4.78 is 0. The molecule has 1 heterocycles. The molecule has 1 aromatic carbocycles. The lowest BCUT2D eigenvalue weighted by atomic mass is 9.97. The average Bonchev–Trinajstić information content (AvgIpc) is 3.03. The van der Waals surface area contributed by atoms with Gasteiger partial charge in [-0.05, 0) is 69.3 Å². The molecule has 1 aliphatic carbocycles. The number of nitrogens with one attached hydrogen (secondary N) is 1. The summed E-state index contributed by atoms with van der Waals surface area (Å²) in [5.74, 6) is 0.995. The number of aromatic hydroxyl groups is 1. The van der Waals surface area contributed by atoms with Crippen LogP contribution in [0.5, 0.6) is 5.75 Å². The summed E-state index contributed by atoms with van der Waals surface area (Å²) in [5, 5.41) is 14.0. The van der Waals surface area contributed by atoms with Crippen molar-refractivity contribution in [1.29, 1.82) is 0 Å². The van der Waals surface area contributed by atoms with Crippen LogP contribution in [0.25, 0.3) is 0 Å². The lowest BCUT2D eigenvalue weighted by Crippen LogP contribution is -2.39. The Kier molecular flexibility index (Phi) is 4.23. The Balaban J connectivity index is 1.72. The van der Waals surface area contributed by atoms with Crippen LogP contribution in [0.1, 0.15) is 61.8 Å². The normalized spacial score (nSPS) is 27.0. The number of nitrogens with zero attached hydrogens (tertiary/aromatic N) is 1. The minimum absolute atomic E-state index is 0.299. The third-order valence-electron chi connectivity index (χ3n) is 5.13. The summed E-state index contributed by atoms with van der Waals surface area (Å²) in [6, 6.07) is 4.66. The van der Waals surface area contributed by atoms with Crippen LogP contribution in [-0.2, 0) is 0 Å². The highest BCUT2D eigenvalue weighted by Gasteiger charge is 2.33. The van der Waals surface area contributed by atoms with Crippen LogP contribution in [0, 0.1) is 6.92 Å². The number of aryl methyl sites for hydroxylation is 1. The van der Waals surface area contributed by atoms with Gasteiger partial charge in [-0.25, -0.2) is 0 Å². The van der Waals surface area contributed by atoms with E-state index in [0.717, 1.165) is 18.5 Å². The fourth-order valence-corrected chi connectivity index (χ4v) is 4.24. The van der Waals surface area contributed by atoms with Crippen LogP contribution in [-0.4, -0.2) is 35.7 Å². The van der Waals surface area contributed by atoms with Gasteiger partial charge in [0.25, 0.3) is 0 Å². The zero-order chi connectivity index (χ0) is 15.0. The van der Waals surface area contributed by atoms with Gasteiger partial charge in [0.1, 0.15) is 5.75 Å². The predicted molar refractivity (Wildman–Crippen MR) is 86.9 cm³/mol. The van der Waals surface area contributed by atoms with Crippen LogP contribution >= 0.6 is 0 Å². The first-order valence-corrected chi connectivity index (χ1v) is 8.37. The monoisotopic (exact) mass is 288 g/mol. The maximum absolute atomic E-state index is 10.3. The number of phenolic OH excluding ortho intramolecular Hbond substituents is 1. The zero-order valence-electron chi connectivity index (χ0n) is 13.5. The summed E-state index contributed by atoms with van der Waals surface area (Å²) in [6.45, 7) is 10.3. The third-order valence-corrected chi connectivity index (χ3v) is 5.13. The Morgan fingerprint density at radius 3 is 2.71 bits per heavy atom. The number of rotatable bonds is 4. The third kappa shape index (κ3) is 2.95.